The fraction of sp³-hybridized carbons (Fsp3) is 0.538. The van der Waals surface area contributed by atoms with Crippen molar-refractivity contribution in [2.45, 2.75) is 20.0 Å². The molecule has 0 aliphatic heterocycles. The molecule has 2 nitrogen and oxygen atoms in total. The molecule has 1 aromatic rings. The third-order valence-corrected chi connectivity index (χ3v) is 2.35. The highest BCUT2D eigenvalue weighted by atomic mass is 16.3. The van der Waals surface area contributed by atoms with Crippen molar-refractivity contribution in [3.8, 4) is 0 Å². The van der Waals surface area contributed by atoms with Crippen LogP contribution in [0.4, 0.5) is 0 Å². The number of nitrogens with zero attached hydrogens (tertiary/aromatic N) is 1. The Kier molecular flexibility index (Phi) is 4.79. The normalized spacial score (nSPS) is 13.5. The maximum Gasteiger partial charge on any atom is 0.0916 e. The summed E-state index contributed by atoms with van der Waals surface area (Å²) in [5.41, 5.74) is 0.994. The van der Waals surface area contributed by atoms with Gasteiger partial charge in [-0.15, -0.1) is 0 Å². The fourth-order valence-corrected chi connectivity index (χ4v) is 1.77. The minimum Gasteiger partial charge on any atom is -0.387 e. The molecule has 0 aliphatic carbocycles. The van der Waals surface area contributed by atoms with Crippen molar-refractivity contribution < 1.29 is 5.11 Å². The summed E-state index contributed by atoms with van der Waals surface area (Å²) in [5.74, 6) is 0.637. The fourth-order valence-electron chi connectivity index (χ4n) is 1.77. The molecule has 1 rings (SSSR count). The van der Waals surface area contributed by atoms with E-state index in [2.05, 4.69) is 18.7 Å². The number of hydrogen-bond donors (Lipinski definition) is 1. The third-order valence-electron chi connectivity index (χ3n) is 2.35. The summed E-state index contributed by atoms with van der Waals surface area (Å²) in [6.45, 7) is 6.09. The maximum absolute atomic E-state index is 9.96. The van der Waals surface area contributed by atoms with E-state index >= 15 is 0 Å². The van der Waals surface area contributed by atoms with Gasteiger partial charge in [0.05, 0.1) is 6.10 Å². The summed E-state index contributed by atoms with van der Waals surface area (Å²) in [6, 6.07) is 9.82. The van der Waals surface area contributed by atoms with E-state index in [-0.39, 0.29) is 6.10 Å². The molecule has 0 spiro atoms. The second-order valence-corrected chi connectivity index (χ2v) is 4.54. The van der Waals surface area contributed by atoms with E-state index < -0.39 is 0 Å². The van der Waals surface area contributed by atoms with Crippen LogP contribution >= 0.6 is 0 Å². The first-order chi connectivity index (χ1) is 7.09. The van der Waals surface area contributed by atoms with Crippen LogP contribution in [0, 0.1) is 5.92 Å². The van der Waals surface area contributed by atoms with Crippen molar-refractivity contribution in [3.05, 3.63) is 35.9 Å². The second-order valence-electron chi connectivity index (χ2n) is 4.54. The minimum absolute atomic E-state index is 0.380. The molecule has 2 heteroatoms. The summed E-state index contributed by atoms with van der Waals surface area (Å²) in [5, 5.41) is 9.96. The molecule has 0 aliphatic rings. The van der Waals surface area contributed by atoms with Gasteiger partial charge in [0, 0.05) is 13.1 Å². The lowest BCUT2D eigenvalue weighted by Crippen LogP contribution is -2.28. The molecule has 0 radical (unpaired) electrons. The SMILES string of the molecule is CC(C)CN(C)C[C@H](O)c1ccccc1. The van der Waals surface area contributed by atoms with Crippen molar-refractivity contribution >= 4 is 0 Å². The van der Waals surface area contributed by atoms with Gasteiger partial charge in [-0.3, -0.25) is 0 Å². The van der Waals surface area contributed by atoms with Gasteiger partial charge in [0.25, 0.3) is 0 Å². The van der Waals surface area contributed by atoms with Gasteiger partial charge >= 0.3 is 0 Å². The van der Waals surface area contributed by atoms with Crippen LogP contribution in [0.2, 0.25) is 0 Å². The number of benzene rings is 1. The highest BCUT2D eigenvalue weighted by Gasteiger charge is 2.10. The van der Waals surface area contributed by atoms with Crippen molar-refractivity contribution in [2.24, 2.45) is 5.92 Å². The molecule has 0 saturated carbocycles. The van der Waals surface area contributed by atoms with E-state index in [9.17, 15) is 5.11 Å². The number of rotatable bonds is 5. The maximum atomic E-state index is 9.96. The molecule has 84 valence electrons. The van der Waals surface area contributed by atoms with Crippen LogP contribution in [0.1, 0.15) is 25.5 Å². The Morgan fingerprint density at radius 1 is 1.13 bits per heavy atom. The molecular weight excluding hydrogens is 186 g/mol. The summed E-state index contributed by atoms with van der Waals surface area (Å²) >= 11 is 0. The predicted molar refractivity (Wildman–Crippen MR) is 63.7 cm³/mol. The Balaban J connectivity index is 2.45. The van der Waals surface area contributed by atoms with E-state index in [0.29, 0.717) is 12.5 Å². The first kappa shape index (κ1) is 12.2. The van der Waals surface area contributed by atoms with Gasteiger partial charge in [0.2, 0.25) is 0 Å². The van der Waals surface area contributed by atoms with Gasteiger partial charge in [0.1, 0.15) is 0 Å². The van der Waals surface area contributed by atoms with Gasteiger partial charge in [0.15, 0.2) is 0 Å². The standard InChI is InChI=1S/C13H21NO/c1-11(2)9-14(3)10-13(15)12-7-5-4-6-8-12/h4-8,11,13,15H,9-10H2,1-3H3/t13-/m0/s1. The lowest BCUT2D eigenvalue weighted by molar-refractivity contribution is 0.121. The number of likely N-dealkylation sites (N-methyl/N-ethyl adjacent to an activating group) is 1. The highest BCUT2D eigenvalue weighted by Crippen LogP contribution is 2.13. The van der Waals surface area contributed by atoms with Crippen molar-refractivity contribution in [1.82, 2.24) is 4.90 Å². The smallest absolute Gasteiger partial charge is 0.0916 e. The van der Waals surface area contributed by atoms with Crippen LogP contribution in [0.3, 0.4) is 0 Å². The molecule has 0 fully saturated rings. The van der Waals surface area contributed by atoms with E-state index in [1.165, 1.54) is 0 Å². The molecule has 0 unspecified atom stereocenters. The van der Waals surface area contributed by atoms with Crippen molar-refractivity contribution in [3.63, 3.8) is 0 Å². The molecular formula is C13H21NO. The van der Waals surface area contributed by atoms with Gasteiger partial charge in [-0.25, -0.2) is 0 Å². The Morgan fingerprint density at radius 2 is 1.73 bits per heavy atom. The lowest BCUT2D eigenvalue weighted by Gasteiger charge is -2.22. The van der Waals surface area contributed by atoms with Crippen LogP contribution in [0.25, 0.3) is 0 Å². The van der Waals surface area contributed by atoms with Crippen LogP contribution in [-0.2, 0) is 0 Å². The molecule has 0 amide bonds. The molecule has 0 heterocycles. The molecule has 15 heavy (non-hydrogen) atoms. The van der Waals surface area contributed by atoms with Crippen molar-refractivity contribution in [1.29, 1.82) is 0 Å². The molecule has 1 atom stereocenters. The quantitative estimate of drug-likeness (QED) is 0.801. The number of aliphatic hydroxyl groups is 1. The Morgan fingerprint density at radius 3 is 2.27 bits per heavy atom. The molecule has 1 N–H and O–H groups in total. The summed E-state index contributed by atoms with van der Waals surface area (Å²) in [6.07, 6.45) is -0.380. The van der Waals surface area contributed by atoms with Gasteiger partial charge < -0.3 is 10.0 Å². The minimum atomic E-state index is -0.380. The predicted octanol–water partition coefficient (Wildman–Crippen LogP) is 2.31. The Bertz CT molecular complexity index is 271. The molecule has 0 saturated heterocycles. The summed E-state index contributed by atoms with van der Waals surface area (Å²) in [7, 11) is 2.05. The first-order valence-electron chi connectivity index (χ1n) is 5.51. The monoisotopic (exact) mass is 207 g/mol. The summed E-state index contributed by atoms with van der Waals surface area (Å²) < 4.78 is 0. The highest BCUT2D eigenvalue weighted by molar-refractivity contribution is 5.17. The topological polar surface area (TPSA) is 23.5 Å². The zero-order valence-corrected chi connectivity index (χ0v) is 9.85. The lowest BCUT2D eigenvalue weighted by atomic mass is 10.1. The average molecular weight is 207 g/mol. The Labute approximate surface area is 92.5 Å². The third kappa shape index (κ3) is 4.45. The first-order valence-corrected chi connectivity index (χ1v) is 5.51. The van der Waals surface area contributed by atoms with Gasteiger partial charge in [-0.05, 0) is 18.5 Å². The molecule has 0 aromatic heterocycles. The van der Waals surface area contributed by atoms with Crippen LogP contribution in [-0.4, -0.2) is 30.1 Å². The Hall–Kier alpha value is -0.860. The largest absolute Gasteiger partial charge is 0.387 e. The van der Waals surface area contributed by atoms with E-state index in [1.54, 1.807) is 0 Å². The number of hydrogen-bond acceptors (Lipinski definition) is 2. The van der Waals surface area contributed by atoms with E-state index in [0.717, 1.165) is 12.1 Å². The van der Waals surface area contributed by atoms with Gasteiger partial charge in [-0.1, -0.05) is 44.2 Å². The average Bonchev–Trinajstić information content (AvgIpc) is 2.17. The van der Waals surface area contributed by atoms with Crippen molar-refractivity contribution in [2.75, 3.05) is 20.1 Å². The van der Waals surface area contributed by atoms with Crippen LogP contribution in [0.5, 0.6) is 0 Å². The summed E-state index contributed by atoms with van der Waals surface area (Å²) in [4.78, 5) is 2.17. The zero-order chi connectivity index (χ0) is 11.3. The zero-order valence-electron chi connectivity index (χ0n) is 9.85. The van der Waals surface area contributed by atoms with Crippen LogP contribution in [0.15, 0.2) is 30.3 Å². The molecule has 1 aromatic carbocycles. The van der Waals surface area contributed by atoms with Crippen LogP contribution < -0.4 is 0 Å². The molecule has 0 bridgehead atoms. The second kappa shape index (κ2) is 5.89. The number of aliphatic hydroxyl groups excluding tert-OH is 1. The van der Waals surface area contributed by atoms with E-state index in [1.807, 2.05) is 37.4 Å². The van der Waals surface area contributed by atoms with Gasteiger partial charge in [-0.2, -0.15) is 0 Å². The van der Waals surface area contributed by atoms with E-state index in [4.69, 9.17) is 0 Å².